The molecule has 2 aromatic carbocycles. The fraction of sp³-hybridized carbons (Fsp3) is 0.478. The molecule has 2 aromatic rings. The van der Waals surface area contributed by atoms with E-state index in [1.807, 2.05) is 30.3 Å². The maximum absolute atomic E-state index is 5.95. The molecule has 0 saturated heterocycles. The third-order valence-electron chi connectivity index (χ3n) is 5.24. The summed E-state index contributed by atoms with van der Waals surface area (Å²) in [5, 5.41) is 4.46. The number of rotatable bonds is 7. The molecule has 1 saturated carbocycles. The first kappa shape index (κ1) is 22.9. The smallest absolute Gasteiger partial charge is 0.161 e. The van der Waals surface area contributed by atoms with Crippen LogP contribution in [0.15, 0.2) is 42.5 Å². The molecule has 0 aliphatic heterocycles. The molecule has 1 N–H and O–H groups in total. The third-order valence-corrected chi connectivity index (χ3v) is 5.49. The zero-order valence-corrected chi connectivity index (χ0v) is 18.2. The number of methoxy groups -OCH3 is 1. The maximum atomic E-state index is 5.95. The van der Waals surface area contributed by atoms with Gasteiger partial charge in [-0.3, -0.25) is 0 Å². The molecule has 0 aromatic heterocycles. The number of benzene rings is 2. The van der Waals surface area contributed by atoms with Crippen LogP contribution >= 0.6 is 24.0 Å². The van der Waals surface area contributed by atoms with Crippen molar-refractivity contribution in [1.82, 2.24) is 5.32 Å². The largest absolute Gasteiger partial charge is 0.493 e. The second kappa shape index (κ2) is 12.2. The highest BCUT2D eigenvalue weighted by molar-refractivity contribution is 6.30. The molecule has 1 aliphatic carbocycles. The van der Waals surface area contributed by atoms with Gasteiger partial charge in [0.25, 0.3) is 0 Å². The molecule has 154 valence electrons. The highest BCUT2D eigenvalue weighted by Gasteiger charge is 2.12. The van der Waals surface area contributed by atoms with Crippen molar-refractivity contribution in [3.63, 3.8) is 0 Å². The van der Waals surface area contributed by atoms with Crippen LogP contribution in [0.4, 0.5) is 0 Å². The van der Waals surface area contributed by atoms with Gasteiger partial charge in [-0.05, 0) is 48.2 Å². The highest BCUT2D eigenvalue weighted by Crippen LogP contribution is 2.29. The van der Waals surface area contributed by atoms with Crippen LogP contribution in [0.3, 0.4) is 0 Å². The van der Waals surface area contributed by atoms with Gasteiger partial charge in [0.05, 0.1) is 7.11 Å². The van der Waals surface area contributed by atoms with Gasteiger partial charge in [0.2, 0.25) is 0 Å². The van der Waals surface area contributed by atoms with E-state index in [1.54, 1.807) is 7.11 Å². The van der Waals surface area contributed by atoms with Crippen LogP contribution in [0, 0.1) is 0 Å². The van der Waals surface area contributed by atoms with E-state index in [-0.39, 0.29) is 12.4 Å². The van der Waals surface area contributed by atoms with E-state index in [4.69, 9.17) is 21.1 Å². The Morgan fingerprint density at radius 2 is 1.54 bits per heavy atom. The molecule has 1 aliphatic rings. The van der Waals surface area contributed by atoms with Crippen molar-refractivity contribution in [1.29, 1.82) is 0 Å². The Morgan fingerprint density at radius 1 is 0.893 bits per heavy atom. The number of hydrogen-bond acceptors (Lipinski definition) is 3. The number of hydrogen-bond donors (Lipinski definition) is 1. The van der Waals surface area contributed by atoms with Crippen LogP contribution in [-0.2, 0) is 13.2 Å². The van der Waals surface area contributed by atoms with E-state index < -0.39 is 0 Å². The van der Waals surface area contributed by atoms with Gasteiger partial charge >= 0.3 is 0 Å². The zero-order chi connectivity index (χ0) is 18.9. The predicted molar refractivity (Wildman–Crippen MR) is 119 cm³/mol. The van der Waals surface area contributed by atoms with Crippen LogP contribution in [0.25, 0.3) is 0 Å². The summed E-state index contributed by atoms with van der Waals surface area (Å²) in [6.45, 7) is 1.37. The second-order valence-electron chi connectivity index (χ2n) is 7.32. The molecule has 0 spiro atoms. The lowest BCUT2D eigenvalue weighted by molar-refractivity contribution is 0.284. The van der Waals surface area contributed by atoms with Crippen molar-refractivity contribution in [3.05, 3.63) is 58.6 Å². The number of ether oxygens (including phenoxy) is 2. The van der Waals surface area contributed by atoms with Gasteiger partial charge in [-0.2, -0.15) is 0 Å². The van der Waals surface area contributed by atoms with E-state index in [2.05, 4.69) is 17.4 Å². The highest BCUT2D eigenvalue weighted by atomic mass is 35.5. The van der Waals surface area contributed by atoms with E-state index in [9.17, 15) is 0 Å². The quantitative estimate of drug-likeness (QED) is 0.547. The van der Waals surface area contributed by atoms with Gasteiger partial charge in [0, 0.05) is 17.6 Å². The van der Waals surface area contributed by atoms with Gasteiger partial charge in [0.15, 0.2) is 11.5 Å². The summed E-state index contributed by atoms with van der Waals surface area (Å²) in [7, 11) is 1.69. The van der Waals surface area contributed by atoms with Crippen molar-refractivity contribution in [2.24, 2.45) is 0 Å². The summed E-state index contributed by atoms with van der Waals surface area (Å²) >= 11 is 5.93. The molecular formula is C23H31Cl2NO2. The summed E-state index contributed by atoms with van der Waals surface area (Å²) in [4.78, 5) is 0. The molecule has 3 rings (SSSR count). The SMILES string of the molecule is COc1cc(CNC2CCCCCCC2)ccc1OCc1ccc(Cl)cc1.Cl. The van der Waals surface area contributed by atoms with Gasteiger partial charge in [-0.25, -0.2) is 0 Å². The van der Waals surface area contributed by atoms with Crippen molar-refractivity contribution in [2.75, 3.05) is 7.11 Å². The topological polar surface area (TPSA) is 30.5 Å². The standard InChI is InChI=1S/C23H30ClNO2.ClH/c1-26-23-15-19(16-25-21-7-5-3-2-4-6-8-21)11-14-22(23)27-17-18-9-12-20(24)13-10-18;/h9-15,21,25H,2-8,16-17H2,1H3;1H. The summed E-state index contributed by atoms with van der Waals surface area (Å²) in [5.41, 5.74) is 2.31. The molecule has 0 heterocycles. The lowest BCUT2D eigenvalue weighted by Crippen LogP contribution is -2.29. The Kier molecular flexibility index (Phi) is 9.97. The first-order chi connectivity index (χ1) is 13.2. The number of nitrogens with one attached hydrogen (secondary N) is 1. The van der Waals surface area contributed by atoms with Crippen LogP contribution in [0.5, 0.6) is 11.5 Å². The summed E-state index contributed by atoms with van der Waals surface area (Å²) < 4.78 is 11.5. The molecule has 5 heteroatoms. The Hall–Kier alpha value is -1.42. The van der Waals surface area contributed by atoms with Crippen LogP contribution in [0.2, 0.25) is 5.02 Å². The molecule has 0 radical (unpaired) electrons. The van der Waals surface area contributed by atoms with Crippen molar-refractivity contribution >= 4 is 24.0 Å². The predicted octanol–water partition coefficient (Wildman–Crippen LogP) is 6.55. The molecule has 0 unspecified atom stereocenters. The Balaban J connectivity index is 0.00000280. The Morgan fingerprint density at radius 3 is 2.21 bits per heavy atom. The molecule has 0 amide bonds. The molecule has 0 bridgehead atoms. The molecule has 1 fully saturated rings. The minimum Gasteiger partial charge on any atom is -0.493 e. The minimum absolute atomic E-state index is 0. The monoisotopic (exact) mass is 423 g/mol. The van der Waals surface area contributed by atoms with E-state index >= 15 is 0 Å². The molecule has 0 atom stereocenters. The summed E-state index contributed by atoms with van der Waals surface area (Å²) in [6.07, 6.45) is 9.44. The average Bonchev–Trinajstić information content (AvgIpc) is 2.67. The van der Waals surface area contributed by atoms with Gasteiger partial charge in [0.1, 0.15) is 6.61 Å². The first-order valence-electron chi connectivity index (χ1n) is 10.0. The van der Waals surface area contributed by atoms with Gasteiger partial charge < -0.3 is 14.8 Å². The zero-order valence-electron chi connectivity index (χ0n) is 16.6. The minimum atomic E-state index is 0. The summed E-state index contributed by atoms with van der Waals surface area (Å²) in [6, 6.07) is 14.5. The lowest BCUT2D eigenvalue weighted by Gasteiger charge is -2.21. The second-order valence-corrected chi connectivity index (χ2v) is 7.76. The molecular weight excluding hydrogens is 393 g/mol. The van der Waals surface area contributed by atoms with Crippen LogP contribution in [0.1, 0.15) is 56.1 Å². The van der Waals surface area contributed by atoms with E-state index in [0.717, 1.165) is 28.6 Å². The third kappa shape index (κ3) is 7.20. The van der Waals surface area contributed by atoms with E-state index in [1.165, 1.54) is 50.5 Å². The Bertz CT molecular complexity index is 698. The first-order valence-corrected chi connectivity index (χ1v) is 10.4. The molecule has 3 nitrogen and oxygen atoms in total. The van der Waals surface area contributed by atoms with Crippen LogP contribution in [-0.4, -0.2) is 13.2 Å². The van der Waals surface area contributed by atoms with Crippen LogP contribution < -0.4 is 14.8 Å². The molecule has 28 heavy (non-hydrogen) atoms. The fourth-order valence-corrected chi connectivity index (χ4v) is 3.73. The normalized spacial score (nSPS) is 15.2. The van der Waals surface area contributed by atoms with Gasteiger partial charge in [-0.15, -0.1) is 12.4 Å². The number of halogens is 2. The van der Waals surface area contributed by atoms with Crippen molar-refractivity contribution < 1.29 is 9.47 Å². The maximum Gasteiger partial charge on any atom is 0.161 e. The van der Waals surface area contributed by atoms with E-state index in [0.29, 0.717) is 12.6 Å². The fourth-order valence-electron chi connectivity index (χ4n) is 3.61. The van der Waals surface area contributed by atoms with Crippen molar-refractivity contribution in [3.8, 4) is 11.5 Å². The lowest BCUT2D eigenvalue weighted by atomic mass is 9.96. The van der Waals surface area contributed by atoms with Crippen molar-refractivity contribution in [2.45, 2.75) is 64.1 Å². The Labute approximate surface area is 180 Å². The summed E-state index contributed by atoms with van der Waals surface area (Å²) in [5.74, 6) is 1.54. The van der Waals surface area contributed by atoms with Gasteiger partial charge in [-0.1, -0.05) is 61.9 Å². The average molecular weight is 424 g/mol.